The van der Waals surface area contributed by atoms with E-state index in [4.69, 9.17) is 21.4 Å². The molecule has 2 heterocycles. The van der Waals surface area contributed by atoms with Crippen molar-refractivity contribution in [1.82, 2.24) is 19.9 Å². The highest BCUT2D eigenvalue weighted by Gasteiger charge is 2.20. The first kappa shape index (κ1) is 19.5. The highest BCUT2D eigenvalue weighted by molar-refractivity contribution is 6.30. The molecule has 0 radical (unpaired) electrons. The molecule has 1 aliphatic heterocycles. The van der Waals surface area contributed by atoms with Gasteiger partial charge in [0.2, 0.25) is 11.7 Å². The van der Waals surface area contributed by atoms with Gasteiger partial charge in [0.1, 0.15) is 5.82 Å². The second kappa shape index (κ2) is 8.70. The zero-order valence-electron chi connectivity index (χ0n) is 15.7. The predicted molar refractivity (Wildman–Crippen MR) is 106 cm³/mol. The van der Waals surface area contributed by atoms with Crippen LogP contribution in [-0.2, 0) is 13.1 Å². The fourth-order valence-electron chi connectivity index (χ4n) is 3.34. The van der Waals surface area contributed by atoms with E-state index in [1.54, 1.807) is 18.2 Å². The third kappa shape index (κ3) is 4.80. The molecule has 29 heavy (non-hydrogen) atoms. The fraction of sp³-hybridized carbons (Fsp3) is 0.286. The number of nitriles is 1. The van der Waals surface area contributed by atoms with Crippen LogP contribution in [0.15, 0.2) is 47.0 Å². The monoisotopic (exact) mass is 411 g/mol. The lowest BCUT2D eigenvalue weighted by Crippen LogP contribution is -2.45. The Balaban J connectivity index is 1.31. The number of halogens is 2. The van der Waals surface area contributed by atoms with Crippen molar-refractivity contribution in [3.05, 3.63) is 70.3 Å². The fourth-order valence-corrected chi connectivity index (χ4v) is 3.46. The van der Waals surface area contributed by atoms with Gasteiger partial charge >= 0.3 is 0 Å². The standard InChI is InChI=1S/C21H19ClFN5O/c22-18-4-2-16(3-5-18)21-25-20(29-26-21)14-28-9-7-27(8-10-28)13-17-11-15(12-24)1-6-19(17)23/h1-6,11H,7-10,13-14H2. The first-order valence-electron chi connectivity index (χ1n) is 9.32. The quantitative estimate of drug-likeness (QED) is 0.637. The Labute approximate surface area is 173 Å². The number of rotatable bonds is 5. The van der Waals surface area contributed by atoms with Gasteiger partial charge < -0.3 is 4.52 Å². The molecular weight excluding hydrogens is 393 g/mol. The van der Waals surface area contributed by atoms with Crippen LogP contribution in [0.5, 0.6) is 0 Å². The summed E-state index contributed by atoms with van der Waals surface area (Å²) >= 11 is 5.91. The highest BCUT2D eigenvalue weighted by Crippen LogP contribution is 2.20. The number of piperazine rings is 1. The third-order valence-corrected chi connectivity index (χ3v) is 5.22. The minimum absolute atomic E-state index is 0.271. The van der Waals surface area contributed by atoms with Gasteiger partial charge in [0, 0.05) is 48.9 Å². The van der Waals surface area contributed by atoms with E-state index < -0.39 is 0 Å². The molecule has 0 unspecified atom stereocenters. The first-order valence-corrected chi connectivity index (χ1v) is 9.70. The van der Waals surface area contributed by atoms with Crippen LogP contribution in [0.2, 0.25) is 5.02 Å². The lowest BCUT2D eigenvalue weighted by Gasteiger charge is -2.33. The molecule has 1 aliphatic rings. The van der Waals surface area contributed by atoms with Crippen LogP contribution < -0.4 is 0 Å². The predicted octanol–water partition coefficient (Wildman–Crippen LogP) is 3.72. The molecule has 3 aromatic rings. The van der Waals surface area contributed by atoms with Gasteiger partial charge in [-0.15, -0.1) is 0 Å². The summed E-state index contributed by atoms with van der Waals surface area (Å²) in [6, 6.07) is 13.8. The van der Waals surface area contributed by atoms with Crippen LogP contribution in [0.3, 0.4) is 0 Å². The molecule has 6 nitrogen and oxygen atoms in total. The minimum Gasteiger partial charge on any atom is -0.338 e. The molecule has 0 amide bonds. The molecule has 0 aliphatic carbocycles. The number of nitrogens with zero attached hydrogens (tertiary/aromatic N) is 5. The summed E-state index contributed by atoms with van der Waals surface area (Å²) in [7, 11) is 0. The van der Waals surface area contributed by atoms with E-state index in [0.717, 1.165) is 31.7 Å². The van der Waals surface area contributed by atoms with Crippen molar-refractivity contribution in [2.45, 2.75) is 13.1 Å². The summed E-state index contributed by atoms with van der Waals surface area (Å²) in [4.78, 5) is 8.88. The van der Waals surface area contributed by atoms with Crippen molar-refractivity contribution >= 4 is 11.6 Å². The van der Waals surface area contributed by atoms with E-state index in [2.05, 4.69) is 26.0 Å². The van der Waals surface area contributed by atoms with Gasteiger partial charge in [-0.25, -0.2) is 4.39 Å². The maximum atomic E-state index is 14.0. The Bertz CT molecular complexity index is 1020. The summed E-state index contributed by atoms with van der Waals surface area (Å²) in [5.74, 6) is 0.839. The maximum Gasteiger partial charge on any atom is 0.241 e. The molecule has 2 aromatic carbocycles. The van der Waals surface area contributed by atoms with E-state index in [-0.39, 0.29) is 5.82 Å². The summed E-state index contributed by atoms with van der Waals surface area (Å²) in [5, 5.41) is 13.7. The topological polar surface area (TPSA) is 69.2 Å². The molecule has 1 fully saturated rings. The minimum atomic E-state index is -0.271. The Morgan fingerprint density at radius 2 is 1.72 bits per heavy atom. The summed E-state index contributed by atoms with van der Waals surface area (Å²) < 4.78 is 19.4. The van der Waals surface area contributed by atoms with E-state index in [9.17, 15) is 4.39 Å². The van der Waals surface area contributed by atoms with Crippen molar-refractivity contribution in [3.8, 4) is 17.5 Å². The van der Waals surface area contributed by atoms with Crippen LogP contribution in [0.25, 0.3) is 11.4 Å². The normalized spacial score (nSPS) is 15.3. The number of benzene rings is 2. The number of hydrogen-bond acceptors (Lipinski definition) is 6. The Kier molecular flexibility index (Phi) is 5.86. The molecule has 4 rings (SSSR count). The molecular formula is C21H19ClFN5O. The van der Waals surface area contributed by atoms with Crippen LogP contribution in [0.4, 0.5) is 4.39 Å². The van der Waals surface area contributed by atoms with Gasteiger partial charge in [-0.1, -0.05) is 16.8 Å². The molecule has 0 spiro atoms. The Hall–Kier alpha value is -2.79. The average Bonchev–Trinajstić information content (AvgIpc) is 3.20. The maximum absolute atomic E-state index is 14.0. The lowest BCUT2D eigenvalue weighted by atomic mass is 10.1. The number of aromatic nitrogens is 2. The van der Waals surface area contributed by atoms with E-state index in [1.165, 1.54) is 12.1 Å². The molecule has 1 aromatic heterocycles. The number of hydrogen-bond donors (Lipinski definition) is 0. The van der Waals surface area contributed by atoms with Gasteiger partial charge in [-0.2, -0.15) is 10.2 Å². The summed E-state index contributed by atoms with van der Waals surface area (Å²) in [6.07, 6.45) is 0. The van der Waals surface area contributed by atoms with Crippen molar-refractivity contribution in [1.29, 1.82) is 5.26 Å². The molecule has 1 saturated heterocycles. The SMILES string of the molecule is N#Cc1ccc(F)c(CN2CCN(Cc3nc(-c4ccc(Cl)cc4)no3)CC2)c1. The van der Waals surface area contributed by atoms with Crippen LogP contribution >= 0.6 is 11.6 Å². The Morgan fingerprint density at radius 1 is 1.03 bits per heavy atom. The summed E-state index contributed by atoms with van der Waals surface area (Å²) in [6.45, 7) is 4.31. The van der Waals surface area contributed by atoms with Crippen LogP contribution in [0, 0.1) is 17.1 Å². The van der Waals surface area contributed by atoms with Crippen molar-refractivity contribution in [2.75, 3.05) is 26.2 Å². The van der Waals surface area contributed by atoms with Crippen molar-refractivity contribution in [3.63, 3.8) is 0 Å². The second-order valence-corrected chi connectivity index (χ2v) is 7.43. The van der Waals surface area contributed by atoms with Crippen molar-refractivity contribution in [2.24, 2.45) is 0 Å². The van der Waals surface area contributed by atoms with Gasteiger partial charge in [-0.3, -0.25) is 9.80 Å². The van der Waals surface area contributed by atoms with Gasteiger partial charge in [0.25, 0.3) is 0 Å². The van der Waals surface area contributed by atoms with Gasteiger partial charge in [-0.05, 0) is 42.5 Å². The van der Waals surface area contributed by atoms with Gasteiger partial charge in [0.05, 0.1) is 18.2 Å². The second-order valence-electron chi connectivity index (χ2n) is 6.99. The molecule has 0 atom stereocenters. The molecule has 0 N–H and O–H groups in total. The largest absolute Gasteiger partial charge is 0.338 e. The van der Waals surface area contributed by atoms with E-state index in [1.807, 2.05) is 12.1 Å². The first-order chi connectivity index (χ1) is 14.1. The third-order valence-electron chi connectivity index (χ3n) is 4.96. The average molecular weight is 412 g/mol. The Morgan fingerprint density at radius 3 is 2.41 bits per heavy atom. The van der Waals surface area contributed by atoms with E-state index >= 15 is 0 Å². The zero-order valence-corrected chi connectivity index (χ0v) is 16.4. The molecule has 148 valence electrons. The molecule has 0 bridgehead atoms. The van der Waals surface area contributed by atoms with Crippen LogP contribution in [-0.4, -0.2) is 46.1 Å². The van der Waals surface area contributed by atoms with Crippen LogP contribution in [0.1, 0.15) is 17.0 Å². The zero-order chi connectivity index (χ0) is 20.2. The molecule has 0 saturated carbocycles. The lowest BCUT2D eigenvalue weighted by molar-refractivity contribution is 0.111. The molecule has 8 heteroatoms. The highest BCUT2D eigenvalue weighted by atomic mass is 35.5. The van der Waals surface area contributed by atoms with Crippen molar-refractivity contribution < 1.29 is 8.91 Å². The van der Waals surface area contributed by atoms with E-state index in [0.29, 0.717) is 41.0 Å². The van der Waals surface area contributed by atoms with Gasteiger partial charge in [0.15, 0.2) is 0 Å². The smallest absolute Gasteiger partial charge is 0.241 e. The summed E-state index contributed by atoms with van der Waals surface area (Å²) in [5.41, 5.74) is 1.89.